The number of amides is 4. The molecule has 4 heterocycles. The van der Waals surface area contributed by atoms with Gasteiger partial charge < -0.3 is 34.5 Å². The number of sulfonamides is 1. The molecule has 0 spiro atoms. The fourth-order valence-electron chi connectivity index (χ4n) is 8.15. The van der Waals surface area contributed by atoms with Gasteiger partial charge >= 0.3 is 12.4 Å². The lowest BCUT2D eigenvalue weighted by Crippen LogP contribution is -2.59. The third-order valence-electron chi connectivity index (χ3n) is 12.1. The Morgan fingerprint density at radius 3 is 2.58 bits per heavy atom. The molecule has 0 radical (unpaired) electrons. The third-order valence-corrected chi connectivity index (χ3v) is 13.9. The molecule has 0 bridgehead atoms. The van der Waals surface area contributed by atoms with Crippen LogP contribution in [0.5, 0.6) is 17.4 Å². The molecule has 4 fully saturated rings. The van der Waals surface area contributed by atoms with E-state index in [0.29, 0.717) is 31.1 Å². The summed E-state index contributed by atoms with van der Waals surface area (Å²) in [5.74, 6) is -3.23. The molecule has 15 nitrogen and oxygen atoms in total. The Morgan fingerprint density at radius 1 is 1.07 bits per heavy atom. The monoisotopic (exact) mass is 815 g/mol. The van der Waals surface area contributed by atoms with Gasteiger partial charge in [0.05, 0.1) is 18.4 Å². The Balaban J connectivity index is 1.11. The van der Waals surface area contributed by atoms with Crippen LogP contribution >= 0.6 is 0 Å². The molecule has 57 heavy (non-hydrogen) atoms. The van der Waals surface area contributed by atoms with Crippen molar-refractivity contribution in [2.45, 2.75) is 114 Å². The number of alkyl carbamates (subject to hydrolysis) is 1. The summed E-state index contributed by atoms with van der Waals surface area (Å²) in [4.78, 5) is 61.9. The van der Waals surface area contributed by atoms with Crippen molar-refractivity contribution in [3.63, 3.8) is 0 Å². The molecule has 6 aliphatic rings. The normalized spacial score (nSPS) is 32.1. The van der Waals surface area contributed by atoms with Gasteiger partial charge in [0.15, 0.2) is 11.5 Å². The minimum absolute atomic E-state index is 0.0252. The maximum absolute atomic E-state index is 14.8. The van der Waals surface area contributed by atoms with Crippen LogP contribution in [0.1, 0.15) is 78.6 Å². The van der Waals surface area contributed by atoms with Crippen molar-refractivity contribution in [3.05, 3.63) is 36.5 Å². The molecule has 2 aromatic rings. The van der Waals surface area contributed by atoms with E-state index in [1.54, 1.807) is 0 Å². The molecule has 7 atom stereocenters. The van der Waals surface area contributed by atoms with Crippen molar-refractivity contribution >= 4 is 44.6 Å². The number of hydrogen-bond donors (Lipinski definition) is 3. The van der Waals surface area contributed by atoms with Gasteiger partial charge in [-0.25, -0.2) is 18.2 Å². The molecule has 3 aliphatic carbocycles. The van der Waals surface area contributed by atoms with E-state index in [4.69, 9.17) is 14.2 Å². The second kappa shape index (κ2) is 14.3. The van der Waals surface area contributed by atoms with Crippen molar-refractivity contribution in [2.24, 2.45) is 23.2 Å². The first-order valence-corrected chi connectivity index (χ1v) is 21.1. The van der Waals surface area contributed by atoms with Crippen LogP contribution in [0, 0.1) is 23.2 Å². The number of rotatable bonds is 8. The molecule has 1 aromatic carbocycles. The van der Waals surface area contributed by atoms with E-state index in [1.807, 2.05) is 32.9 Å². The molecule has 308 valence electrons. The highest BCUT2D eigenvalue weighted by molar-refractivity contribution is 7.91. The minimum atomic E-state index is -3.95. The van der Waals surface area contributed by atoms with Crippen molar-refractivity contribution in [2.75, 3.05) is 13.2 Å². The highest BCUT2D eigenvalue weighted by Gasteiger charge is 2.62. The number of halogens is 2. The predicted octanol–water partition coefficient (Wildman–Crippen LogP) is 4.30. The molecular weight excluding hydrogens is 769 g/mol. The van der Waals surface area contributed by atoms with E-state index in [-0.39, 0.29) is 60.1 Å². The smallest absolute Gasteiger partial charge is 0.472 e. The zero-order chi connectivity index (χ0) is 40.5. The Bertz CT molecular complexity index is 2130. The molecule has 18 heteroatoms. The van der Waals surface area contributed by atoms with Crippen molar-refractivity contribution in [1.29, 1.82) is 0 Å². The van der Waals surface area contributed by atoms with Crippen molar-refractivity contribution in [1.82, 2.24) is 25.2 Å². The highest BCUT2D eigenvalue weighted by Crippen LogP contribution is 2.48. The Kier molecular flexibility index (Phi) is 9.79. The van der Waals surface area contributed by atoms with Gasteiger partial charge in [-0.2, -0.15) is 0 Å². The number of allylic oxidation sites excluding steroid dienone is 1. The van der Waals surface area contributed by atoms with Crippen molar-refractivity contribution < 1.29 is 55.3 Å². The summed E-state index contributed by atoms with van der Waals surface area (Å²) in [6.07, 6.45) is 4.32. The van der Waals surface area contributed by atoms with Crippen LogP contribution < -0.4 is 29.6 Å². The average molecular weight is 816 g/mol. The molecule has 1 aromatic heterocycles. The van der Waals surface area contributed by atoms with E-state index >= 15 is 0 Å². The number of pyridine rings is 1. The van der Waals surface area contributed by atoms with Gasteiger partial charge in [-0.15, -0.1) is 8.78 Å². The number of benzene rings is 1. The van der Waals surface area contributed by atoms with Crippen molar-refractivity contribution in [3.8, 4) is 17.4 Å². The lowest BCUT2D eigenvalue weighted by Gasteiger charge is -2.32. The molecule has 1 saturated heterocycles. The van der Waals surface area contributed by atoms with Crippen LogP contribution in [-0.2, 0) is 29.1 Å². The van der Waals surface area contributed by atoms with Crippen LogP contribution in [0.15, 0.2) is 36.5 Å². The van der Waals surface area contributed by atoms with Crippen LogP contribution in [0.25, 0.3) is 10.8 Å². The van der Waals surface area contributed by atoms with Gasteiger partial charge in [-0.05, 0) is 81.4 Å². The zero-order valence-corrected chi connectivity index (χ0v) is 32.7. The first-order valence-electron chi connectivity index (χ1n) is 19.6. The Morgan fingerprint density at radius 2 is 1.84 bits per heavy atom. The van der Waals surface area contributed by atoms with Gasteiger partial charge in [0.25, 0.3) is 5.91 Å². The van der Waals surface area contributed by atoms with Crippen LogP contribution in [0.2, 0.25) is 0 Å². The second-order valence-electron chi connectivity index (χ2n) is 17.0. The minimum Gasteiger partial charge on any atom is -0.472 e. The number of carbonyl (C=O) groups excluding carboxylic acids is 4. The van der Waals surface area contributed by atoms with Gasteiger partial charge in [0, 0.05) is 34.7 Å². The fourth-order valence-corrected chi connectivity index (χ4v) is 9.51. The topological polar surface area (TPSA) is 192 Å². The number of fused-ring (bicyclic) bond motifs is 5. The summed E-state index contributed by atoms with van der Waals surface area (Å²) in [5, 5.41) is 5.51. The van der Waals surface area contributed by atoms with E-state index in [1.165, 1.54) is 29.3 Å². The highest BCUT2D eigenvalue weighted by atomic mass is 32.2. The predicted molar refractivity (Wildman–Crippen MR) is 198 cm³/mol. The molecule has 3 saturated carbocycles. The first kappa shape index (κ1) is 39.1. The second-order valence-corrected chi connectivity index (χ2v) is 19.0. The number of carbonyl (C=O) groups is 4. The lowest BCUT2D eigenvalue weighted by molar-refractivity contribution is -0.286. The zero-order valence-electron chi connectivity index (χ0n) is 31.9. The van der Waals surface area contributed by atoms with Gasteiger partial charge in [0.2, 0.25) is 27.7 Å². The largest absolute Gasteiger partial charge is 0.586 e. The maximum Gasteiger partial charge on any atom is 0.586 e. The number of nitrogens with zero attached hydrogens (tertiary/aromatic N) is 2. The van der Waals surface area contributed by atoms with E-state index in [0.717, 1.165) is 19.3 Å². The third kappa shape index (κ3) is 8.06. The molecular formula is C39H47F2N5O10S. The Hall–Kier alpha value is -4.74. The lowest BCUT2D eigenvalue weighted by atomic mass is 9.88. The molecule has 1 unspecified atom stereocenters. The fraction of sp³-hybridized carbons (Fsp3) is 0.615. The quantitative estimate of drug-likeness (QED) is 0.322. The summed E-state index contributed by atoms with van der Waals surface area (Å²) in [5.41, 5.74) is -1.68. The summed E-state index contributed by atoms with van der Waals surface area (Å²) in [7, 11) is -3.95. The van der Waals surface area contributed by atoms with Gasteiger partial charge in [0.1, 0.15) is 23.7 Å². The average Bonchev–Trinajstić information content (AvgIpc) is 4.10. The molecule has 3 aliphatic heterocycles. The maximum atomic E-state index is 14.8. The van der Waals surface area contributed by atoms with Crippen LogP contribution in [0.3, 0.4) is 0 Å². The standard InChI is InChI=1S/C39H47F2N5O10S/c1-21-6-4-5-7-23-18-38(23,35(49)45-57(51,52)25-8-9-25)44-32(47)28-17-24(54-33-27-10-11-29-31(26(27)12-15-42-33)56-39(40,41)55-29)19-46(28)34(48)30(22(2)16-21)43-36(50)53-20-37(3)13-14-37/h5,7,10-12,15,21-25,28,30H,4,6,8-9,13-14,16-20H2,1-3H3,(H,43,50)(H,44,47)(H,45,49)/b7-5-/t21-,22-,23?,24-,28+,30+,38-/m1/s1. The number of hydrogen-bond acceptors (Lipinski definition) is 11. The summed E-state index contributed by atoms with van der Waals surface area (Å²) in [6, 6.07) is 1.93. The van der Waals surface area contributed by atoms with E-state index in [2.05, 4.69) is 25.1 Å². The SMILES string of the molecule is C[C@@H]1CC/C=C\C2C[C@@]2(C(=O)NS(=O)(=O)C2CC2)NC(=O)[C@@H]2C[C@@H](Oc3nccc4c5c(ccc34)OC(F)(F)O5)CN2C(=O)[C@@H](NC(=O)OCC2(C)CC2)[C@H](C)C1. The van der Waals surface area contributed by atoms with Crippen LogP contribution in [-0.4, -0.2) is 90.5 Å². The number of alkyl halides is 2. The Labute approximate surface area is 328 Å². The van der Waals surface area contributed by atoms with Gasteiger partial charge in [-0.1, -0.05) is 32.9 Å². The number of nitrogens with one attached hydrogen (secondary N) is 3. The molecule has 8 rings (SSSR count). The molecule has 4 amide bonds. The first-order chi connectivity index (χ1) is 27.0. The summed E-state index contributed by atoms with van der Waals surface area (Å²) >= 11 is 0. The van der Waals surface area contributed by atoms with E-state index in [9.17, 15) is 36.4 Å². The summed E-state index contributed by atoms with van der Waals surface area (Å²) < 4.78 is 77.2. The molecule has 3 N–H and O–H groups in total. The number of aromatic nitrogens is 1. The van der Waals surface area contributed by atoms with Crippen LogP contribution in [0.4, 0.5) is 13.6 Å². The summed E-state index contributed by atoms with van der Waals surface area (Å²) in [6.45, 7) is 5.96. The van der Waals surface area contributed by atoms with E-state index < -0.39 is 80.9 Å². The number of ether oxygens (including phenoxy) is 4. The van der Waals surface area contributed by atoms with Gasteiger partial charge in [-0.3, -0.25) is 19.1 Å².